The molecule has 9 nitrogen and oxygen atoms in total. The lowest BCUT2D eigenvalue weighted by Gasteiger charge is -2.07. The highest BCUT2D eigenvalue weighted by Gasteiger charge is 2.14. The van der Waals surface area contributed by atoms with Crippen LogP contribution in [0.4, 0.5) is 11.6 Å². The Morgan fingerprint density at radius 1 is 1.35 bits per heavy atom. The van der Waals surface area contributed by atoms with Gasteiger partial charge in [0.2, 0.25) is 11.8 Å². The van der Waals surface area contributed by atoms with Gasteiger partial charge in [-0.1, -0.05) is 12.1 Å². The quantitative estimate of drug-likeness (QED) is 0.583. The summed E-state index contributed by atoms with van der Waals surface area (Å²) in [5, 5.41) is 25.4. The van der Waals surface area contributed by atoms with Gasteiger partial charge in [0.05, 0.1) is 19.9 Å². The van der Waals surface area contributed by atoms with E-state index >= 15 is 0 Å². The summed E-state index contributed by atoms with van der Waals surface area (Å²) in [4.78, 5) is 19.1. The van der Waals surface area contributed by atoms with E-state index in [2.05, 4.69) is 20.4 Å². The SMILES string of the molecule is COc1ccnc(Nc2cccc(-c3cnn(CC(O)C(=O)O)c3)c2)n1. The number of nitrogens with zero attached hydrogens (tertiary/aromatic N) is 4. The van der Waals surface area contributed by atoms with E-state index in [9.17, 15) is 9.90 Å². The van der Waals surface area contributed by atoms with Crippen molar-refractivity contribution in [1.82, 2.24) is 19.7 Å². The topological polar surface area (TPSA) is 122 Å². The third-order valence-electron chi connectivity index (χ3n) is 3.57. The van der Waals surface area contributed by atoms with Crippen molar-refractivity contribution >= 4 is 17.6 Å². The van der Waals surface area contributed by atoms with E-state index in [4.69, 9.17) is 9.84 Å². The largest absolute Gasteiger partial charge is 0.481 e. The van der Waals surface area contributed by atoms with E-state index in [1.165, 1.54) is 11.8 Å². The molecule has 0 fully saturated rings. The number of aromatic nitrogens is 4. The minimum Gasteiger partial charge on any atom is -0.481 e. The van der Waals surface area contributed by atoms with Gasteiger partial charge in [0.1, 0.15) is 0 Å². The van der Waals surface area contributed by atoms with Crippen LogP contribution in [0.25, 0.3) is 11.1 Å². The first-order chi connectivity index (χ1) is 12.5. The Labute approximate surface area is 148 Å². The Bertz CT molecular complexity index is 911. The molecule has 26 heavy (non-hydrogen) atoms. The zero-order chi connectivity index (χ0) is 18.5. The van der Waals surface area contributed by atoms with Gasteiger partial charge in [-0.25, -0.2) is 9.78 Å². The molecule has 3 rings (SSSR count). The number of carboxylic acids is 1. The van der Waals surface area contributed by atoms with E-state index in [0.717, 1.165) is 16.8 Å². The van der Waals surface area contributed by atoms with Gasteiger partial charge in [0.15, 0.2) is 6.10 Å². The third-order valence-corrected chi connectivity index (χ3v) is 3.57. The number of anilines is 2. The molecular formula is C17H17N5O4. The average molecular weight is 355 g/mol. The molecule has 0 saturated carbocycles. The van der Waals surface area contributed by atoms with Crippen molar-refractivity contribution in [1.29, 1.82) is 0 Å². The summed E-state index contributed by atoms with van der Waals surface area (Å²) in [6.45, 7) is -0.120. The zero-order valence-corrected chi connectivity index (χ0v) is 13.9. The number of rotatable bonds is 7. The lowest BCUT2D eigenvalue weighted by atomic mass is 10.1. The molecule has 0 spiro atoms. The summed E-state index contributed by atoms with van der Waals surface area (Å²) in [6, 6.07) is 9.16. The molecule has 0 aliphatic heterocycles. The van der Waals surface area contributed by atoms with Crippen LogP contribution in [0, 0.1) is 0 Å². The van der Waals surface area contributed by atoms with Crippen LogP contribution in [0.2, 0.25) is 0 Å². The molecule has 2 heterocycles. The monoisotopic (exact) mass is 355 g/mol. The number of hydrogen-bond donors (Lipinski definition) is 3. The van der Waals surface area contributed by atoms with Crippen molar-refractivity contribution < 1.29 is 19.7 Å². The fourth-order valence-electron chi connectivity index (χ4n) is 2.29. The number of carboxylic acid groups (broad SMARTS) is 1. The molecule has 2 aromatic heterocycles. The number of aliphatic hydroxyl groups is 1. The van der Waals surface area contributed by atoms with Gasteiger partial charge in [0.25, 0.3) is 0 Å². The molecule has 0 radical (unpaired) electrons. The second kappa shape index (κ2) is 7.62. The molecule has 1 unspecified atom stereocenters. The molecule has 3 N–H and O–H groups in total. The van der Waals surface area contributed by atoms with Crippen LogP contribution in [0.3, 0.4) is 0 Å². The summed E-state index contributed by atoms with van der Waals surface area (Å²) < 4.78 is 6.46. The summed E-state index contributed by atoms with van der Waals surface area (Å²) in [7, 11) is 1.53. The van der Waals surface area contributed by atoms with E-state index in [1.807, 2.05) is 24.3 Å². The lowest BCUT2D eigenvalue weighted by molar-refractivity contribution is -0.147. The first-order valence-corrected chi connectivity index (χ1v) is 7.73. The lowest BCUT2D eigenvalue weighted by Crippen LogP contribution is -2.25. The predicted octanol–water partition coefficient (Wildman–Crippen LogP) is 1.54. The van der Waals surface area contributed by atoms with E-state index in [-0.39, 0.29) is 6.54 Å². The van der Waals surface area contributed by atoms with Crippen LogP contribution in [0.1, 0.15) is 0 Å². The van der Waals surface area contributed by atoms with Crippen LogP contribution in [0.5, 0.6) is 5.88 Å². The van der Waals surface area contributed by atoms with Crippen LogP contribution in [0.15, 0.2) is 48.9 Å². The van der Waals surface area contributed by atoms with Crippen LogP contribution in [-0.2, 0) is 11.3 Å². The van der Waals surface area contributed by atoms with Gasteiger partial charge in [-0.3, -0.25) is 4.68 Å². The van der Waals surface area contributed by atoms with E-state index in [0.29, 0.717) is 11.8 Å². The molecule has 1 aromatic carbocycles. The zero-order valence-electron chi connectivity index (χ0n) is 13.9. The number of aliphatic carboxylic acids is 1. The Morgan fingerprint density at radius 2 is 2.19 bits per heavy atom. The van der Waals surface area contributed by atoms with Gasteiger partial charge < -0.3 is 20.3 Å². The average Bonchev–Trinajstić information content (AvgIpc) is 3.10. The first-order valence-electron chi connectivity index (χ1n) is 7.73. The van der Waals surface area contributed by atoms with Gasteiger partial charge in [-0.15, -0.1) is 0 Å². The van der Waals surface area contributed by atoms with Gasteiger partial charge in [-0.05, 0) is 17.7 Å². The van der Waals surface area contributed by atoms with E-state index in [1.54, 1.807) is 24.7 Å². The van der Waals surface area contributed by atoms with Crippen LogP contribution >= 0.6 is 0 Å². The standard InChI is InChI=1S/C17H17N5O4/c1-26-15-5-6-18-17(21-15)20-13-4-2-3-11(7-13)12-8-19-22(9-12)10-14(23)16(24)25/h2-9,14,23H,10H2,1H3,(H,24,25)(H,18,20,21). The highest BCUT2D eigenvalue weighted by atomic mass is 16.5. The molecule has 3 aromatic rings. The number of hydrogen-bond acceptors (Lipinski definition) is 7. The smallest absolute Gasteiger partial charge is 0.334 e. The van der Waals surface area contributed by atoms with Gasteiger partial charge >= 0.3 is 5.97 Å². The minimum atomic E-state index is -1.50. The Morgan fingerprint density at radius 3 is 2.96 bits per heavy atom. The van der Waals surface area contributed by atoms with Gasteiger partial charge in [-0.2, -0.15) is 10.1 Å². The van der Waals surface area contributed by atoms with Crippen molar-refractivity contribution in [3.63, 3.8) is 0 Å². The van der Waals surface area contributed by atoms with Crippen molar-refractivity contribution in [2.45, 2.75) is 12.6 Å². The summed E-state index contributed by atoms with van der Waals surface area (Å²) in [6.07, 6.45) is 3.37. The molecule has 0 aliphatic carbocycles. The Kier molecular flexibility index (Phi) is 5.09. The minimum absolute atomic E-state index is 0.120. The normalized spacial score (nSPS) is 11.8. The number of aliphatic hydroxyl groups excluding tert-OH is 1. The molecule has 0 amide bonds. The van der Waals surface area contributed by atoms with E-state index < -0.39 is 12.1 Å². The van der Waals surface area contributed by atoms with Crippen molar-refractivity contribution in [3.8, 4) is 17.0 Å². The first kappa shape index (κ1) is 17.4. The second-order valence-electron chi connectivity index (χ2n) is 5.43. The predicted molar refractivity (Wildman–Crippen MR) is 93.2 cm³/mol. The highest BCUT2D eigenvalue weighted by molar-refractivity contribution is 5.72. The molecular weight excluding hydrogens is 338 g/mol. The molecule has 134 valence electrons. The highest BCUT2D eigenvalue weighted by Crippen LogP contribution is 2.24. The Balaban J connectivity index is 1.77. The summed E-state index contributed by atoms with van der Waals surface area (Å²) in [5.74, 6) is -0.426. The maximum atomic E-state index is 10.7. The maximum Gasteiger partial charge on any atom is 0.334 e. The molecule has 0 aliphatic rings. The number of methoxy groups -OCH3 is 1. The van der Waals surface area contributed by atoms with Crippen molar-refractivity contribution in [2.24, 2.45) is 0 Å². The second-order valence-corrected chi connectivity index (χ2v) is 5.43. The van der Waals surface area contributed by atoms with Crippen LogP contribution in [-0.4, -0.2) is 49.1 Å². The fourth-order valence-corrected chi connectivity index (χ4v) is 2.29. The fraction of sp³-hybridized carbons (Fsp3) is 0.176. The summed E-state index contributed by atoms with van der Waals surface area (Å²) in [5.41, 5.74) is 2.43. The number of carbonyl (C=O) groups is 1. The molecule has 0 bridgehead atoms. The number of benzene rings is 1. The van der Waals surface area contributed by atoms with Crippen molar-refractivity contribution in [2.75, 3.05) is 12.4 Å². The molecule has 1 atom stereocenters. The Hall–Kier alpha value is -3.46. The van der Waals surface area contributed by atoms with Crippen molar-refractivity contribution in [3.05, 3.63) is 48.9 Å². The van der Waals surface area contributed by atoms with Crippen LogP contribution < -0.4 is 10.1 Å². The van der Waals surface area contributed by atoms with Gasteiger partial charge in [0, 0.05) is 29.7 Å². The molecule has 0 saturated heterocycles. The number of ether oxygens (including phenoxy) is 1. The molecule has 9 heteroatoms. The summed E-state index contributed by atoms with van der Waals surface area (Å²) >= 11 is 0. The maximum absolute atomic E-state index is 10.7. The third kappa shape index (κ3) is 4.14. The number of nitrogens with one attached hydrogen (secondary N) is 1.